The van der Waals surface area contributed by atoms with Gasteiger partial charge in [0.15, 0.2) is 0 Å². The fourth-order valence-corrected chi connectivity index (χ4v) is 6.57. The maximum absolute atomic E-state index is 12.8. The van der Waals surface area contributed by atoms with Gasteiger partial charge in [-0.05, 0) is 43.0 Å². The number of carbonyl (C=O) groups is 1. The summed E-state index contributed by atoms with van der Waals surface area (Å²) in [4.78, 5) is 14.2. The zero-order chi connectivity index (χ0) is 15.3. The summed E-state index contributed by atoms with van der Waals surface area (Å²) in [7, 11) is -3.41. The Morgan fingerprint density at radius 2 is 2.00 bits per heavy atom. The van der Waals surface area contributed by atoms with Crippen LogP contribution in [0.15, 0.2) is 21.7 Å². The molecule has 0 N–H and O–H groups in total. The Morgan fingerprint density at radius 1 is 1.18 bits per heavy atom. The number of rotatable bonds is 4. The number of fused-ring (bicyclic) bond motifs is 1. The summed E-state index contributed by atoms with van der Waals surface area (Å²) >= 11 is 1.27. The highest BCUT2D eigenvalue weighted by Gasteiger charge is 2.48. The first kappa shape index (κ1) is 14.7. The molecule has 22 heavy (non-hydrogen) atoms. The molecule has 7 heteroatoms. The minimum absolute atomic E-state index is 0.0384. The van der Waals surface area contributed by atoms with Gasteiger partial charge in [-0.2, -0.15) is 4.31 Å². The maximum Gasteiger partial charge on any atom is 0.252 e. The molecule has 1 aliphatic carbocycles. The van der Waals surface area contributed by atoms with Crippen LogP contribution in [0.25, 0.3) is 0 Å². The molecule has 120 valence electrons. The van der Waals surface area contributed by atoms with Gasteiger partial charge in [0.2, 0.25) is 5.91 Å². The van der Waals surface area contributed by atoms with Crippen molar-refractivity contribution in [3.05, 3.63) is 17.5 Å². The molecule has 5 nitrogen and oxygen atoms in total. The van der Waals surface area contributed by atoms with Gasteiger partial charge in [0.1, 0.15) is 4.21 Å². The van der Waals surface area contributed by atoms with Crippen LogP contribution >= 0.6 is 11.3 Å². The zero-order valence-corrected chi connectivity index (χ0v) is 14.0. The molecule has 1 aromatic rings. The minimum atomic E-state index is -3.41. The van der Waals surface area contributed by atoms with Crippen molar-refractivity contribution in [3.8, 4) is 0 Å². The van der Waals surface area contributed by atoms with E-state index in [1.54, 1.807) is 21.8 Å². The van der Waals surface area contributed by atoms with Crippen LogP contribution in [0, 0.1) is 5.92 Å². The predicted octanol–water partition coefficient (Wildman–Crippen LogP) is 1.91. The normalized spacial score (nSPS) is 29.8. The number of piperidine rings is 1. The van der Waals surface area contributed by atoms with Gasteiger partial charge in [-0.1, -0.05) is 6.07 Å². The van der Waals surface area contributed by atoms with Gasteiger partial charge in [-0.25, -0.2) is 8.42 Å². The molecule has 4 rings (SSSR count). The molecule has 0 spiro atoms. The van der Waals surface area contributed by atoms with E-state index in [0.29, 0.717) is 29.5 Å². The second-order valence-corrected chi connectivity index (χ2v) is 9.56. The van der Waals surface area contributed by atoms with Crippen LogP contribution in [0.5, 0.6) is 0 Å². The van der Waals surface area contributed by atoms with E-state index in [0.717, 1.165) is 13.0 Å². The molecule has 3 fully saturated rings. The van der Waals surface area contributed by atoms with Crippen molar-refractivity contribution in [1.82, 2.24) is 9.21 Å². The Hall–Kier alpha value is -0.920. The standard InChI is InChI=1S/C15H20N2O3S2/c18-14-6-5-13-12(16(14)10-11-3-4-11)7-8-17(13)22(19,20)15-2-1-9-21-15/h1-2,9,11-13H,3-8,10H2/t12-,13-/m1/s1. The van der Waals surface area contributed by atoms with Gasteiger partial charge >= 0.3 is 0 Å². The van der Waals surface area contributed by atoms with Crippen molar-refractivity contribution in [2.75, 3.05) is 13.1 Å². The predicted molar refractivity (Wildman–Crippen MR) is 84.1 cm³/mol. The van der Waals surface area contributed by atoms with E-state index < -0.39 is 10.0 Å². The Bertz CT molecular complexity index is 667. The summed E-state index contributed by atoms with van der Waals surface area (Å²) in [5, 5.41) is 1.80. The van der Waals surface area contributed by atoms with Crippen LogP contribution in [0.3, 0.4) is 0 Å². The molecule has 0 unspecified atom stereocenters. The minimum Gasteiger partial charge on any atom is -0.338 e. The quantitative estimate of drug-likeness (QED) is 0.841. The first-order valence-electron chi connectivity index (χ1n) is 7.92. The van der Waals surface area contributed by atoms with E-state index in [9.17, 15) is 13.2 Å². The number of carbonyl (C=O) groups excluding carboxylic acids is 1. The molecule has 3 aliphatic rings. The van der Waals surface area contributed by atoms with Crippen LogP contribution in [-0.2, 0) is 14.8 Å². The number of sulfonamides is 1. The van der Waals surface area contributed by atoms with E-state index in [1.807, 2.05) is 4.90 Å². The fraction of sp³-hybridized carbons (Fsp3) is 0.667. The summed E-state index contributed by atoms with van der Waals surface area (Å²) in [6.07, 6.45) is 4.32. The Labute approximate surface area is 135 Å². The molecule has 1 amide bonds. The third kappa shape index (κ3) is 2.39. The van der Waals surface area contributed by atoms with Gasteiger partial charge in [-0.15, -0.1) is 11.3 Å². The molecule has 2 atom stereocenters. The first-order chi connectivity index (χ1) is 10.6. The Morgan fingerprint density at radius 3 is 2.68 bits per heavy atom. The summed E-state index contributed by atoms with van der Waals surface area (Å²) < 4.78 is 27.7. The lowest BCUT2D eigenvalue weighted by molar-refractivity contribution is -0.137. The highest BCUT2D eigenvalue weighted by atomic mass is 32.2. The van der Waals surface area contributed by atoms with Crippen molar-refractivity contribution in [1.29, 1.82) is 0 Å². The first-order valence-corrected chi connectivity index (χ1v) is 10.2. The lowest BCUT2D eigenvalue weighted by atomic mass is 9.96. The van der Waals surface area contributed by atoms with Gasteiger partial charge in [-0.3, -0.25) is 4.79 Å². The summed E-state index contributed by atoms with van der Waals surface area (Å²) in [5.74, 6) is 0.856. The van der Waals surface area contributed by atoms with Crippen molar-refractivity contribution < 1.29 is 13.2 Å². The maximum atomic E-state index is 12.8. The molecule has 3 heterocycles. The van der Waals surface area contributed by atoms with Crippen molar-refractivity contribution in [3.63, 3.8) is 0 Å². The molecule has 0 aromatic carbocycles. The van der Waals surface area contributed by atoms with Gasteiger partial charge < -0.3 is 4.90 Å². The smallest absolute Gasteiger partial charge is 0.252 e. The largest absolute Gasteiger partial charge is 0.338 e. The third-order valence-electron chi connectivity index (χ3n) is 5.04. The zero-order valence-electron chi connectivity index (χ0n) is 12.3. The van der Waals surface area contributed by atoms with E-state index in [4.69, 9.17) is 0 Å². The summed E-state index contributed by atoms with van der Waals surface area (Å²) in [6.45, 7) is 1.36. The SMILES string of the molecule is O=C1CC[C@@H]2[C@@H](CCN2S(=O)(=O)c2cccs2)N1CC1CC1. The number of likely N-dealkylation sites (tertiary alicyclic amines) is 1. The molecule has 2 aliphatic heterocycles. The van der Waals surface area contributed by atoms with Gasteiger partial charge in [0.25, 0.3) is 10.0 Å². The highest BCUT2D eigenvalue weighted by Crippen LogP contribution is 2.38. The summed E-state index contributed by atoms with van der Waals surface area (Å²) in [6, 6.07) is 3.48. The highest BCUT2D eigenvalue weighted by molar-refractivity contribution is 7.91. The lowest BCUT2D eigenvalue weighted by Crippen LogP contribution is -2.53. The molecule has 1 aromatic heterocycles. The summed E-state index contributed by atoms with van der Waals surface area (Å²) in [5.41, 5.74) is 0. The van der Waals surface area contributed by atoms with Crippen molar-refractivity contribution in [2.24, 2.45) is 5.92 Å². The molecule has 1 saturated carbocycles. The lowest BCUT2D eigenvalue weighted by Gasteiger charge is -2.39. The number of hydrogen-bond acceptors (Lipinski definition) is 4. The van der Waals surface area contributed by atoms with E-state index in [1.165, 1.54) is 24.2 Å². The topological polar surface area (TPSA) is 57.7 Å². The Kier molecular flexibility index (Phi) is 3.54. The molecule has 2 saturated heterocycles. The van der Waals surface area contributed by atoms with Crippen LogP contribution < -0.4 is 0 Å². The molecular formula is C15H20N2O3S2. The monoisotopic (exact) mass is 340 g/mol. The third-order valence-corrected chi connectivity index (χ3v) is 8.34. The molecular weight excluding hydrogens is 320 g/mol. The number of hydrogen-bond donors (Lipinski definition) is 0. The van der Waals surface area contributed by atoms with Crippen LogP contribution in [0.2, 0.25) is 0 Å². The number of amides is 1. The molecule has 0 bridgehead atoms. The van der Waals surface area contributed by atoms with E-state index >= 15 is 0 Å². The average Bonchev–Trinajstić information content (AvgIpc) is 3.00. The second-order valence-electron chi connectivity index (χ2n) is 6.50. The van der Waals surface area contributed by atoms with Crippen LogP contribution in [0.4, 0.5) is 0 Å². The molecule has 0 radical (unpaired) electrons. The van der Waals surface area contributed by atoms with E-state index in [2.05, 4.69) is 0 Å². The van der Waals surface area contributed by atoms with E-state index in [-0.39, 0.29) is 18.0 Å². The van der Waals surface area contributed by atoms with Gasteiger partial charge in [0, 0.05) is 31.6 Å². The van der Waals surface area contributed by atoms with Crippen LogP contribution in [-0.4, -0.2) is 48.7 Å². The van der Waals surface area contributed by atoms with Crippen molar-refractivity contribution >= 4 is 27.3 Å². The fourth-order valence-electron chi connectivity index (χ4n) is 3.75. The Balaban J connectivity index is 1.59. The van der Waals surface area contributed by atoms with Gasteiger partial charge in [0.05, 0.1) is 0 Å². The van der Waals surface area contributed by atoms with Crippen LogP contribution in [0.1, 0.15) is 32.1 Å². The number of nitrogens with zero attached hydrogens (tertiary/aromatic N) is 2. The average molecular weight is 340 g/mol. The second kappa shape index (κ2) is 5.32. The van der Waals surface area contributed by atoms with Crippen molar-refractivity contribution in [2.45, 2.75) is 48.4 Å². The number of thiophene rings is 1.